The molecule has 0 unspecified atom stereocenters. The molecule has 0 saturated carbocycles. The average molecular weight is 283 g/mol. The molecule has 0 spiro atoms. The fraction of sp³-hybridized carbons (Fsp3) is 0.167. The van der Waals surface area contributed by atoms with Crippen LogP contribution >= 0.6 is 23.2 Å². The van der Waals surface area contributed by atoms with Crippen LogP contribution in [0.15, 0.2) is 18.2 Å². The second kappa shape index (κ2) is 5.00. The highest BCUT2D eigenvalue weighted by atomic mass is 35.5. The zero-order valence-corrected chi connectivity index (χ0v) is 11.5. The third kappa shape index (κ3) is 2.49. The lowest BCUT2D eigenvalue weighted by Crippen LogP contribution is -2.01. The summed E-state index contributed by atoms with van der Waals surface area (Å²) in [4.78, 5) is 8.25. The summed E-state index contributed by atoms with van der Waals surface area (Å²) in [5.74, 6) is 0.866. The van der Waals surface area contributed by atoms with E-state index < -0.39 is 0 Å². The summed E-state index contributed by atoms with van der Waals surface area (Å²) in [6, 6.07) is 5.39. The van der Waals surface area contributed by atoms with Crippen LogP contribution in [0, 0.1) is 6.92 Å². The topological polar surface area (TPSA) is 63.8 Å². The number of nitrogens with two attached hydrogens (primary N) is 1. The number of nitrogen functional groups attached to an aromatic ring is 1. The summed E-state index contributed by atoms with van der Waals surface area (Å²) < 4.78 is 0. The van der Waals surface area contributed by atoms with Gasteiger partial charge in [-0.3, -0.25) is 0 Å². The first-order valence-electron chi connectivity index (χ1n) is 5.29. The van der Waals surface area contributed by atoms with Crippen LogP contribution in [0.3, 0.4) is 0 Å². The maximum atomic E-state index is 6.03. The Balaban J connectivity index is 2.61. The van der Waals surface area contributed by atoms with Crippen molar-refractivity contribution in [3.8, 4) is 11.3 Å². The van der Waals surface area contributed by atoms with Gasteiger partial charge in [-0.15, -0.1) is 0 Å². The Labute approximate surface area is 115 Å². The highest BCUT2D eigenvalue weighted by Gasteiger charge is 2.10. The van der Waals surface area contributed by atoms with Gasteiger partial charge >= 0.3 is 0 Å². The molecule has 0 atom stereocenters. The predicted molar refractivity (Wildman–Crippen MR) is 76.2 cm³/mol. The van der Waals surface area contributed by atoms with Crippen molar-refractivity contribution >= 4 is 35.0 Å². The smallest absolute Gasteiger partial charge is 0.222 e. The normalized spacial score (nSPS) is 10.4. The van der Waals surface area contributed by atoms with Crippen molar-refractivity contribution in [2.24, 2.45) is 0 Å². The molecule has 18 heavy (non-hydrogen) atoms. The molecule has 6 heteroatoms. The van der Waals surface area contributed by atoms with Crippen LogP contribution < -0.4 is 11.1 Å². The third-order valence-corrected chi connectivity index (χ3v) is 3.26. The molecule has 1 heterocycles. The number of hydrogen-bond donors (Lipinski definition) is 2. The first kappa shape index (κ1) is 12.9. The number of rotatable bonds is 2. The van der Waals surface area contributed by atoms with Crippen LogP contribution in [0.4, 0.5) is 11.8 Å². The first-order chi connectivity index (χ1) is 8.51. The minimum Gasteiger partial charge on any atom is -0.373 e. The molecule has 4 nitrogen and oxygen atoms in total. The van der Waals surface area contributed by atoms with Gasteiger partial charge in [0.25, 0.3) is 0 Å². The number of aromatic nitrogens is 2. The van der Waals surface area contributed by atoms with Gasteiger partial charge in [-0.2, -0.15) is 4.98 Å². The molecule has 94 valence electrons. The van der Waals surface area contributed by atoms with Gasteiger partial charge in [-0.05, 0) is 24.6 Å². The number of anilines is 2. The Morgan fingerprint density at radius 1 is 1.11 bits per heavy atom. The summed E-state index contributed by atoms with van der Waals surface area (Å²) in [5.41, 5.74) is 8.24. The Morgan fingerprint density at radius 3 is 2.44 bits per heavy atom. The SMILES string of the molecule is CNc1cc(-c2cc(Cl)c(Cl)cc2C)nc(N)n1. The van der Waals surface area contributed by atoms with Gasteiger partial charge in [-0.25, -0.2) is 4.98 Å². The van der Waals surface area contributed by atoms with E-state index in [0.717, 1.165) is 11.1 Å². The molecule has 2 aromatic rings. The summed E-state index contributed by atoms with van der Waals surface area (Å²) in [6.45, 7) is 1.94. The van der Waals surface area contributed by atoms with Crippen molar-refractivity contribution < 1.29 is 0 Å². The molecule has 0 saturated heterocycles. The Bertz CT molecular complexity index is 599. The van der Waals surface area contributed by atoms with E-state index in [1.165, 1.54) is 0 Å². The van der Waals surface area contributed by atoms with Crippen molar-refractivity contribution in [1.29, 1.82) is 0 Å². The molecule has 0 aliphatic heterocycles. The van der Waals surface area contributed by atoms with E-state index in [0.29, 0.717) is 21.6 Å². The van der Waals surface area contributed by atoms with Gasteiger partial charge in [-0.1, -0.05) is 23.2 Å². The van der Waals surface area contributed by atoms with Gasteiger partial charge in [0.15, 0.2) is 0 Å². The summed E-state index contributed by atoms with van der Waals surface area (Å²) in [7, 11) is 1.77. The maximum Gasteiger partial charge on any atom is 0.222 e. The molecule has 2 rings (SSSR count). The van der Waals surface area contributed by atoms with Crippen LogP contribution in [-0.2, 0) is 0 Å². The lowest BCUT2D eigenvalue weighted by molar-refractivity contribution is 1.18. The van der Waals surface area contributed by atoms with Crippen LogP contribution in [0.5, 0.6) is 0 Å². The number of aryl methyl sites for hydroxylation is 1. The molecule has 0 radical (unpaired) electrons. The largest absolute Gasteiger partial charge is 0.373 e. The van der Waals surface area contributed by atoms with E-state index in [2.05, 4.69) is 15.3 Å². The van der Waals surface area contributed by atoms with E-state index in [9.17, 15) is 0 Å². The van der Waals surface area contributed by atoms with E-state index >= 15 is 0 Å². The standard InChI is InChI=1S/C12H12Cl2N4/c1-6-3-8(13)9(14)4-7(6)10-5-11(16-2)18-12(15)17-10/h3-5H,1-2H3,(H3,15,16,17,18). The molecule has 1 aromatic heterocycles. The van der Waals surface area contributed by atoms with Crippen molar-refractivity contribution in [2.75, 3.05) is 18.1 Å². The Kier molecular flexibility index (Phi) is 3.59. The van der Waals surface area contributed by atoms with Crippen molar-refractivity contribution in [3.05, 3.63) is 33.8 Å². The minimum absolute atomic E-state index is 0.210. The quantitative estimate of drug-likeness (QED) is 0.886. The summed E-state index contributed by atoms with van der Waals surface area (Å²) in [5, 5.41) is 3.94. The fourth-order valence-electron chi connectivity index (χ4n) is 1.65. The molecule has 3 N–H and O–H groups in total. The number of halogens is 2. The Hall–Kier alpha value is -1.52. The number of hydrogen-bond acceptors (Lipinski definition) is 4. The number of nitrogens with one attached hydrogen (secondary N) is 1. The van der Waals surface area contributed by atoms with E-state index in [1.54, 1.807) is 19.2 Å². The minimum atomic E-state index is 0.210. The van der Waals surface area contributed by atoms with Gasteiger partial charge in [0, 0.05) is 18.7 Å². The molecule has 0 amide bonds. The highest BCUT2D eigenvalue weighted by Crippen LogP contribution is 2.31. The summed E-state index contributed by atoms with van der Waals surface area (Å²) >= 11 is 12.0. The fourth-order valence-corrected chi connectivity index (χ4v) is 2.04. The Morgan fingerprint density at radius 2 is 1.78 bits per heavy atom. The predicted octanol–water partition coefficient (Wildman–Crippen LogP) is 3.38. The molecule has 0 bridgehead atoms. The lowest BCUT2D eigenvalue weighted by Gasteiger charge is -2.09. The number of benzene rings is 1. The van der Waals surface area contributed by atoms with Crippen LogP contribution in [-0.4, -0.2) is 17.0 Å². The van der Waals surface area contributed by atoms with E-state index in [-0.39, 0.29) is 5.95 Å². The molecule has 1 aromatic carbocycles. The van der Waals surface area contributed by atoms with Crippen LogP contribution in [0.2, 0.25) is 10.0 Å². The van der Waals surface area contributed by atoms with Gasteiger partial charge in [0.05, 0.1) is 15.7 Å². The monoisotopic (exact) mass is 282 g/mol. The van der Waals surface area contributed by atoms with Crippen LogP contribution in [0.1, 0.15) is 5.56 Å². The van der Waals surface area contributed by atoms with Crippen molar-refractivity contribution in [1.82, 2.24) is 9.97 Å². The third-order valence-electron chi connectivity index (χ3n) is 2.54. The zero-order valence-electron chi connectivity index (χ0n) is 9.96. The highest BCUT2D eigenvalue weighted by molar-refractivity contribution is 6.42. The van der Waals surface area contributed by atoms with Crippen molar-refractivity contribution in [2.45, 2.75) is 6.92 Å². The van der Waals surface area contributed by atoms with Gasteiger partial charge in [0.2, 0.25) is 5.95 Å². The number of nitrogens with zero attached hydrogens (tertiary/aromatic N) is 2. The molecule has 0 aliphatic rings. The second-order valence-electron chi connectivity index (χ2n) is 3.83. The van der Waals surface area contributed by atoms with E-state index in [1.807, 2.05) is 13.0 Å². The zero-order chi connectivity index (χ0) is 13.3. The average Bonchev–Trinajstić information content (AvgIpc) is 2.33. The lowest BCUT2D eigenvalue weighted by atomic mass is 10.1. The molecular weight excluding hydrogens is 271 g/mol. The summed E-state index contributed by atoms with van der Waals surface area (Å²) in [6.07, 6.45) is 0. The van der Waals surface area contributed by atoms with Crippen LogP contribution in [0.25, 0.3) is 11.3 Å². The second-order valence-corrected chi connectivity index (χ2v) is 4.64. The van der Waals surface area contributed by atoms with E-state index in [4.69, 9.17) is 28.9 Å². The van der Waals surface area contributed by atoms with Gasteiger partial charge < -0.3 is 11.1 Å². The molecule has 0 aliphatic carbocycles. The molecule has 0 fully saturated rings. The van der Waals surface area contributed by atoms with Crippen molar-refractivity contribution in [3.63, 3.8) is 0 Å². The van der Waals surface area contributed by atoms with Gasteiger partial charge in [0.1, 0.15) is 5.82 Å². The molecular formula is C12H12Cl2N4. The first-order valence-corrected chi connectivity index (χ1v) is 6.05. The maximum absolute atomic E-state index is 6.03.